The van der Waals surface area contributed by atoms with Gasteiger partial charge >= 0.3 is 5.97 Å². The van der Waals surface area contributed by atoms with Crippen LogP contribution < -0.4 is 5.32 Å². The smallest absolute Gasteiger partial charge is 0.339 e. The average Bonchev–Trinajstić information content (AvgIpc) is 2.53. The van der Waals surface area contributed by atoms with Crippen LogP contribution in [0.3, 0.4) is 0 Å². The van der Waals surface area contributed by atoms with E-state index in [2.05, 4.69) is 21.0 Å². The summed E-state index contributed by atoms with van der Waals surface area (Å²) >= 11 is 0. The molecular weight excluding hydrogens is 252 g/mol. The quantitative estimate of drug-likeness (QED) is 0.682. The number of carbonyl (C=O) groups excluding carboxylic acids is 1. The number of anilines is 1. The number of terminal acetylenes is 1. The van der Waals surface area contributed by atoms with Gasteiger partial charge in [-0.2, -0.15) is 0 Å². The maximum atomic E-state index is 11.3. The number of benzene rings is 1. The van der Waals surface area contributed by atoms with E-state index in [0.717, 1.165) is 16.9 Å². The molecule has 1 heterocycles. The Morgan fingerprint density at radius 2 is 2.25 bits per heavy atom. The van der Waals surface area contributed by atoms with Gasteiger partial charge in [-0.15, -0.1) is 6.42 Å². The fourth-order valence-corrected chi connectivity index (χ4v) is 1.68. The third-order valence-corrected chi connectivity index (χ3v) is 2.75. The molecule has 0 saturated heterocycles. The molecule has 0 radical (unpaired) electrons. The van der Waals surface area contributed by atoms with E-state index >= 15 is 0 Å². The zero-order valence-electron chi connectivity index (χ0n) is 11.1. The Hall–Kier alpha value is -2.80. The first-order valence-corrected chi connectivity index (χ1v) is 6.06. The molecule has 100 valence electrons. The number of esters is 1. The highest BCUT2D eigenvalue weighted by Crippen LogP contribution is 2.11. The lowest BCUT2D eigenvalue weighted by Gasteiger charge is -2.07. The molecular formula is C16H14N2O2. The topological polar surface area (TPSA) is 51.2 Å². The number of methoxy groups -OCH3 is 1. The fraction of sp³-hybridized carbons (Fsp3) is 0.125. The Bertz CT molecular complexity index is 642. The maximum Gasteiger partial charge on any atom is 0.339 e. The third kappa shape index (κ3) is 3.36. The van der Waals surface area contributed by atoms with Crippen LogP contribution in [0.5, 0.6) is 0 Å². The normalized spacial score (nSPS) is 9.60. The number of rotatable bonds is 4. The molecule has 1 aromatic heterocycles. The average molecular weight is 266 g/mol. The third-order valence-electron chi connectivity index (χ3n) is 2.75. The lowest BCUT2D eigenvalue weighted by molar-refractivity contribution is 0.0600. The minimum absolute atomic E-state index is 0.390. The van der Waals surface area contributed by atoms with E-state index in [1.165, 1.54) is 13.3 Å². The van der Waals surface area contributed by atoms with Crippen molar-refractivity contribution >= 4 is 11.7 Å². The van der Waals surface area contributed by atoms with Crippen LogP contribution >= 0.6 is 0 Å². The van der Waals surface area contributed by atoms with Crippen LogP contribution in [0.2, 0.25) is 0 Å². The second-order valence-electron chi connectivity index (χ2n) is 4.11. The van der Waals surface area contributed by atoms with Crippen LogP contribution in [0.15, 0.2) is 42.6 Å². The number of aromatic nitrogens is 1. The van der Waals surface area contributed by atoms with Gasteiger partial charge in [-0.3, -0.25) is 4.98 Å². The maximum absolute atomic E-state index is 11.3. The first-order chi connectivity index (χ1) is 9.72. The number of ether oxygens (including phenoxy) is 1. The van der Waals surface area contributed by atoms with Crippen molar-refractivity contribution in [2.24, 2.45) is 0 Å². The van der Waals surface area contributed by atoms with Gasteiger partial charge in [-0.25, -0.2) is 4.79 Å². The predicted octanol–water partition coefficient (Wildman–Crippen LogP) is 2.46. The molecule has 0 saturated carbocycles. The molecule has 0 unspecified atom stereocenters. The van der Waals surface area contributed by atoms with Gasteiger partial charge in [-0.05, 0) is 30.3 Å². The van der Waals surface area contributed by atoms with E-state index in [1.54, 1.807) is 12.1 Å². The minimum Gasteiger partial charge on any atom is -0.465 e. The van der Waals surface area contributed by atoms with E-state index in [1.807, 2.05) is 24.3 Å². The van der Waals surface area contributed by atoms with E-state index in [4.69, 9.17) is 6.42 Å². The second kappa shape index (κ2) is 6.39. The second-order valence-corrected chi connectivity index (χ2v) is 4.11. The highest BCUT2D eigenvalue weighted by molar-refractivity contribution is 5.88. The summed E-state index contributed by atoms with van der Waals surface area (Å²) in [5, 5.41) is 3.22. The number of hydrogen-bond acceptors (Lipinski definition) is 4. The molecule has 2 rings (SSSR count). The number of nitrogens with zero attached hydrogens (tertiary/aromatic N) is 1. The molecule has 20 heavy (non-hydrogen) atoms. The molecule has 0 atom stereocenters. The fourth-order valence-electron chi connectivity index (χ4n) is 1.68. The van der Waals surface area contributed by atoms with Gasteiger partial charge in [0.2, 0.25) is 0 Å². The van der Waals surface area contributed by atoms with Gasteiger partial charge in [-0.1, -0.05) is 12.0 Å². The molecule has 0 bridgehead atoms. The Morgan fingerprint density at radius 1 is 1.40 bits per heavy atom. The summed E-state index contributed by atoms with van der Waals surface area (Å²) in [5.74, 6) is 2.19. The molecule has 4 heteroatoms. The lowest BCUT2D eigenvalue weighted by atomic mass is 10.2. The Kier molecular flexibility index (Phi) is 4.35. The Labute approximate surface area is 117 Å². The van der Waals surface area contributed by atoms with Gasteiger partial charge < -0.3 is 10.1 Å². The summed E-state index contributed by atoms with van der Waals surface area (Å²) in [5.41, 5.74) is 3.01. The summed E-state index contributed by atoms with van der Waals surface area (Å²) in [6.07, 6.45) is 6.85. The van der Waals surface area contributed by atoms with Crippen LogP contribution in [-0.2, 0) is 11.3 Å². The summed E-state index contributed by atoms with van der Waals surface area (Å²) in [7, 11) is 1.34. The zero-order chi connectivity index (χ0) is 14.4. The van der Waals surface area contributed by atoms with Crippen molar-refractivity contribution < 1.29 is 9.53 Å². The molecule has 2 aromatic rings. The monoisotopic (exact) mass is 266 g/mol. The number of nitrogens with one attached hydrogen (secondary N) is 1. The molecule has 0 aliphatic rings. The molecule has 0 amide bonds. The van der Waals surface area contributed by atoms with E-state index in [0.29, 0.717) is 12.1 Å². The van der Waals surface area contributed by atoms with Crippen molar-refractivity contribution in [1.82, 2.24) is 4.98 Å². The molecule has 0 aliphatic carbocycles. The van der Waals surface area contributed by atoms with Crippen molar-refractivity contribution in [3.8, 4) is 12.3 Å². The van der Waals surface area contributed by atoms with Crippen molar-refractivity contribution in [3.05, 3.63) is 59.4 Å². The molecule has 0 aliphatic heterocycles. The predicted molar refractivity (Wildman–Crippen MR) is 77.3 cm³/mol. The number of carbonyl (C=O) groups is 1. The highest BCUT2D eigenvalue weighted by atomic mass is 16.5. The molecule has 0 spiro atoms. The summed E-state index contributed by atoms with van der Waals surface area (Å²) in [6.45, 7) is 0.551. The summed E-state index contributed by atoms with van der Waals surface area (Å²) in [6, 6.07) is 11.1. The van der Waals surface area contributed by atoms with E-state index in [9.17, 15) is 4.79 Å². The minimum atomic E-state index is -0.390. The summed E-state index contributed by atoms with van der Waals surface area (Å²) < 4.78 is 4.62. The van der Waals surface area contributed by atoms with Crippen molar-refractivity contribution in [1.29, 1.82) is 0 Å². The standard InChI is InChI=1S/C16H14N2O2/c1-3-12-5-4-6-14(9-12)18-11-15-8-7-13(10-17-15)16(19)20-2/h1,4-10,18H,11H2,2H3. The van der Waals surface area contributed by atoms with Crippen molar-refractivity contribution in [2.45, 2.75) is 6.54 Å². The van der Waals surface area contributed by atoms with E-state index in [-0.39, 0.29) is 0 Å². The number of pyridine rings is 1. The van der Waals surface area contributed by atoms with Crippen LogP contribution in [0.4, 0.5) is 5.69 Å². The Morgan fingerprint density at radius 3 is 2.90 bits per heavy atom. The van der Waals surface area contributed by atoms with Gasteiger partial charge in [0.15, 0.2) is 0 Å². The van der Waals surface area contributed by atoms with Crippen molar-refractivity contribution in [3.63, 3.8) is 0 Å². The molecule has 4 nitrogen and oxygen atoms in total. The van der Waals surface area contributed by atoms with Crippen LogP contribution in [0.25, 0.3) is 0 Å². The van der Waals surface area contributed by atoms with Crippen LogP contribution in [-0.4, -0.2) is 18.1 Å². The van der Waals surface area contributed by atoms with E-state index < -0.39 is 5.97 Å². The van der Waals surface area contributed by atoms with Gasteiger partial charge in [0.05, 0.1) is 24.9 Å². The summed E-state index contributed by atoms with van der Waals surface area (Å²) in [4.78, 5) is 15.5. The molecule has 1 N–H and O–H groups in total. The van der Waals surface area contributed by atoms with Crippen LogP contribution in [0.1, 0.15) is 21.6 Å². The lowest BCUT2D eigenvalue weighted by Crippen LogP contribution is -2.05. The van der Waals surface area contributed by atoms with Gasteiger partial charge in [0.1, 0.15) is 0 Å². The van der Waals surface area contributed by atoms with Crippen LogP contribution in [0, 0.1) is 12.3 Å². The number of hydrogen-bond donors (Lipinski definition) is 1. The van der Waals surface area contributed by atoms with Gasteiger partial charge in [0, 0.05) is 17.4 Å². The van der Waals surface area contributed by atoms with Gasteiger partial charge in [0.25, 0.3) is 0 Å². The Balaban J connectivity index is 2.00. The first-order valence-electron chi connectivity index (χ1n) is 6.06. The highest BCUT2D eigenvalue weighted by Gasteiger charge is 2.05. The van der Waals surface area contributed by atoms with Crippen molar-refractivity contribution in [2.75, 3.05) is 12.4 Å². The SMILES string of the molecule is C#Cc1cccc(NCc2ccc(C(=O)OC)cn2)c1. The molecule has 1 aromatic carbocycles. The molecule has 0 fully saturated rings. The zero-order valence-corrected chi connectivity index (χ0v) is 11.1. The largest absolute Gasteiger partial charge is 0.465 e. The first kappa shape index (κ1) is 13.6.